The van der Waals surface area contributed by atoms with Gasteiger partial charge in [-0.3, -0.25) is 9.59 Å². The number of hydrogen-bond acceptors (Lipinski definition) is 3. The van der Waals surface area contributed by atoms with Crippen LogP contribution in [0.25, 0.3) is 0 Å². The Balaban J connectivity index is 1.75. The van der Waals surface area contributed by atoms with Crippen LogP contribution in [0.15, 0.2) is 18.2 Å². The molecule has 2 N–H and O–H groups in total. The number of anilines is 1. The molecule has 24 heavy (non-hydrogen) atoms. The molecule has 130 valence electrons. The lowest BCUT2D eigenvalue weighted by molar-refractivity contribution is -0.139. The van der Waals surface area contributed by atoms with Crippen molar-refractivity contribution in [3.8, 4) is 0 Å². The Morgan fingerprint density at radius 2 is 2.12 bits per heavy atom. The van der Waals surface area contributed by atoms with E-state index in [4.69, 9.17) is 28.9 Å². The maximum atomic E-state index is 12.8. The summed E-state index contributed by atoms with van der Waals surface area (Å²) in [6.45, 7) is 4.37. The van der Waals surface area contributed by atoms with Crippen molar-refractivity contribution >= 4 is 40.7 Å². The minimum Gasteiger partial charge on any atom is -0.341 e. The van der Waals surface area contributed by atoms with E-state index in [1.807, 2.05) is 0 Å². The van der Waals surface area contributed by atoms with Crippen LogP contribution in [0.4, 0.5) is 5.69 Å². The second-order valence-electron chi connectivity index (χ2n) is 6.95. The number of halogens is 2. The average Bonchev–Trinajstić information content (AvgIpc) is 3.13. The number of amides is 2. The van der Waals surface area contributed by atoms with E-state index in [2.05, 4.69) is 6.92 Å². The average molecular weight is 370 g/mol. The van der Waals surface area contributed by atoms with Gasteiger partial charge in [-0.1, -0.05) is 30.1 Å². The van der Waals surface area contributed by atoms with Crippen molar-refractivity contribution < 1.29 is 9.59 Å². The Morgan fingerprint density at radius 1 is 1.38 bits per heavy atom. The summed E-state index contributed by atoms with van der Waals surface area (Å²) in [6.07, 6.45) is 1.37. The molecule has 0 radical (unpaired) electrons. The number of hydrogen-bond donors (Lipinski definition) is 1. The first-order chi connectivity index (χ1) is 11.3. The van der Waals surface area contributed by atoms with Gasteiger partial charge in [0.2, 0.25) is 11.8 Å². The lowest BCUT2D eigenvalue weighted by Crippen LogP contribution is -2.40. The molecule has 2 atom stereocenters. The summed E-state index contributed by atoms with van der Waals surface area (Å²) in [4.78, 5) is 28.9. The monoisotopic (exact) mass is 369 g/mol. The summed E-state index contributed by atoms with van der Waals surface area (Å²) in [7, 11) is 0. The molecular weight excluding hydrogens is 349 g/mol. The zero-order valence-corrected chi connectivity index (χ0v) is 15.1. The van der Waals surface area contributed by atoms with E-state index in [9.17, 15) is 9.59 Å². The zero-order valence-electron chi connectivity index (χ0n) is 13.6. The Morgan fingerprint density at radius 3 is 2.79 bits per heavy atom. The van der Waals surface area contributed by atoms with Gasteiger partial charge in [0, 0.05) is 24.7 Å². The number of nitrogens with zero attached hydrogens (tertiary/aromatic N) is 2. The molecule has 0 bridgehead atoms. The largest absolute Gasteiger partial charge is 0.341 e. The Bertz CT molecular complexity index is 682. The Hall–Kier alpha value is -1.30. The van der Waals surface area contributed by atoms with E-state index in [-0.39, 0.29) is 17.2 Å². The standard InChI is InChI=1S/C17H21Cl2N3O2/c1-17(9-20)5-7-21(10-17)15(23)12-4-6-22(16(12)24)14-8-11(18)2-3-13(14)19/h2-3,8,12H,4-7,9-10,20H2,1H3. The van der Waals surface area contributed by atoms with Crippen LogP contribution in [0.5, 0.6) is 0 Å². The maximum absolute atomic E-state index is 12.8. The summed E-state index contributed by atoms with van der Waals surface area (Å²) in [6, 6.07) is 5.00. The molecule has 2 aliphatic rings. The van der Waals surface area contributed by atoms with Crippen LogP contribution < -0.4 is 10.6 Å². The van der Waals surface area contributed by atoms with Crippen LogP contribution in [0.2, 0.25) is 10.0 Å². The highest BCUT2D eigenvalue weighted by Crippen LogP contribution is 2.35. The van der Waals surface area contributed by atoms with Crippen molar-refractivity contribution in [3.63, 3.8) is 0 Å². The van der Waals surface area contributed by atoms with Gasteiger partial charge in [-0.05, 0) is 43.0 Å². The fourth-order valence-corrected chi connectivity index (χ4v) is 3.83. The molecule has 5 nitrogen and oxygen atoms in total. The lowest BCUT2D eigenvalue weighted by Gasteiger charge is -2.24. The first kappa shape index (κ1) is 17.5. The van der Waals surface area contributed by atoms with Crippen molar-refractivity contribution in [1.82, 2.24) is 4.90 Å². The number of benzene rings is 1. The molecule has 2 aliphatic heterocycles. The van der Waals surface area contributed by atoms with Crippen molar-refractivity contribution in [1.29, 1.82) is 0 Å². The number of likely N-dealkylation sites (tertiary alicyclic amines) is 1. The quantitative estimate of drug-likeness (QED) is 0.832. The van der Waals surface area contributed by atoms with Crippen molar-refractivity contribution in [2.24, 2.45) is 17.1 Å². The van der Waals surface area contributed by atoms with E-state index in [0.717, 1.165) is 6.42 Å². The van der Waals surface area contributed by atoms with E-state index in [1.54, 1.807) is 28.0 Å². The molecule has 2 unspecified atom stereocenters. The van der Waals surface area contributed by atoms with Gasteiger partial charge in [-0.15, -0.1) is 0 Å². The molecule has 3 rings (SSSR count). The number of carbonyl (C=O) groups is 2. The SMILES string of the molecule is CC1(CN)CCN(C(=O)C2CCN(c3cc(Cl)ccc3Cl)C2=O)C1. The van der Waals surface area contributed by atoms with Gasteiger partial charge >= 0.3 is 0 Å². The number of carbonyl (C=O) groups excluding carboxylic acids is 2. The van der Waals surface area contributed by atoms with E-state index < -0.39 is 5.92 Å². The molecule has 2 fully saturated rings. The summed E-state index contributed by atoms with van der Waals surface area (Å²) >= 11 is 12.2. The van der Waals surface area contributed by atoms with Crippen molar-refractivity contribution in [2.75, 3.05) is 31.1 Å². The number of nitrogens with two attached hydrogens (primary N) is 1. The topological polar surface area (TPSA) is 66.6 Å². The van der Waals surface area contributed by atoms with Crippen molar-refractivity contribution in [2.45, 2.75) is 19.8 Å². The third-order valence-electron chi connectivity index (χ3n) is 5.06. The van der Waals surface area contributed by atoms with E-state index >= 15 is 0 Å². The van der Waals surface area contributed by atoms with Crippen LogP contribution in [-0.4, -0.2) is 42.9 Å². The molecule has 0 aromatic heterocycles. The van der Waals surface area contributed by atoms with Crippen molar-refractivity contribution in [3.05, 3.63) is 28.2 Å². The van der Waals surface area contributed by atoms with Crippen LogP contribution in [0.1, 0.15) is 19.8 Å². The molecule has 2 heterocycles. The highest BCUT2D eigenvalue weighted by molar-refractivity contribution is 6.36. The summed E-state index contributed by atoms with van der Waals surface area (Å²) in [5.41, 5.74) is 6.32. The molecule has 1 aromatic carbocycles. The Labute approximate surface area is 151 Å². The highest BCUT2D eigenvalue weighted by atomic mass is 35.5. The highest BCUT2D eigenvalue weighted by Gasteiger charge is 2.43. The third-order valence-corrected chi connectivity index (χ3v) is 5.62. The molecular formula is C17H21Cl2N3O2. The molecule has 1 aromatic rings. The van der Waals surface area contributed by atoms with Gasteiger partial charge < -0.3 is 15.5 Å². The fraction of sp³-hybridized carbons (Fsp3) is 0.529. The second-order valence-corrected chi connectivity index (χ2v) is 7.80. The molecule has 2 amide bonds. The molecule has 0 saturated carbocycles. The van der Waals surface area contributed by atoms with Crippen LogP contribution in [0, 0.1) is 11.3 Å². The second kappa shape index (κ2) is 6.54. The first-order valence-electron chi connectivity index (χ1n) is 8.10. The molecule has 0 spiro atoms. The summed E-state index contributed by atoms with van der Waals surface area (Å²) in [5, 5.41) is 0.966. The minimum absolute atomic E-state index is 0.0484. The van der Waals surface area contributed by atoms with Gasteiger partial charge in [0.25, 0.3) is 0 Å². The summed E-state index contributed by atoms with van der Waals surface area (Å²) in [5.74, 6) is -0.941. The number of rotatable bonds is 3. The predicted molar refractivity (Wildman–Crippen MR) is 95.3 cm³/mol. The first-order valence-corrected chi connectivity index (χ1v) is 8.85. The van der Waals surface area contributed by atoms with E-state index in [1.165, 1.54) is 0 Å². The zero-order chi connectivity index (χ0) is 17.5. The van der Waals surface area contributed by atoms with Gasteiger partial charge in [-0.2, -0.15) is 0 Å². The smallest absolute Gasteiger partial charge is 0.239 e. The Kier molecular flexibility index (Phi) is 4.78. The lowest BCUT2D eigenvalue weighted by atomic mass is 9.90. The minimum atomic E-state index is -0.639. The maximum Gasteiger partial charge on any atom is 0.239 e. The van der Waals surface area contributed by atoms with Crippen LogP contribution >= 0.6 is 23.2 Å². The van der Waals surface area contributed by atoms with Gasteiger partial charge in [0.1, 0.15) is 5.92 Å². The van der Waals surface area contributed by atoms with Gasteiger partial charge in [0.15, 0.2) is 0 Å². The van der Waals surface area contributed by atoms with E-state index in [0.29, 0.717) is 48.3 Å². The molecule has 2 saturated heterocycles. The van der Waals surface area contributed by atoms with Crippen LogP contribution in [-0.2, 0) is 9.59 Å². The van der Waals surface area contributed by atoms with Crippen LogP contribution in [0.3, 0.4) is 0 Å². The normalized spacial score (nSPS) is 27.2. The molecule has 7 heteroatoms. The van der Waals surface area contributed by atoms with Gasteiger partial charge in [0.05, 0.1) is 10.7 Å². The molecule has 0 aliphatic carbocycles. The fourth-order valence-electron chi connectivity index (χ4n) is 3.44. The summed E-state index contributed by atoms with van der Waals surface area (Å²) < 4.78 is 0. The predicted octanol–water partition coefficient (Wildman–Crippen LogP) is 2.54. The van der Waals surface area contributed by atoms with Gasteiger partial charge in [-0.25, -0.2) is 0 Å². The third kappa shape index (κ3) is 3.13.